The van der Waals surface area contributed by atoms with Crippen LogP contribution in [0.2, 0.25) is 0 Å². The number of halogens is 3. The molecule has 216 valence electrons. The van der Waals surface area contributed by atoms with Gasteiger partial charge in [-0.15, -0.1) is 19.0 Å². The van der Waals surface area contributed by atoms with Crippen molar-refractivity contribution in [2.24, 2.45) is 5.14 Å². The van der Waals surface area contributed by atoms with E-state index < -0.39 is 39.3 Å². The Kier molecular flexibility index (Phi) is 7.78. The number of carboxylic acid groups (broad SMARTS) is 1. The fraction of sp³-hybridized carbons (Fsp3) is 0.138. The van der Waals surface area contributed by atoms with E-state index in [0.717, 1.165) is 52.1 Å². The van der Waals surface area contributed by atoms with Crippen LogP contribution in [0, 0.1) is 11.6 Å². The first-order valence-corrected chi connectivity index (χ1v) is 18.6. The average molecular weight is 720 g/mol. The lowest BCUT2D eigenvalue weighted by Gasteiger charge is -2.34. The molecular formula is C29H22F2IN4O4S2-. The molecule has 5 aromatic rings. The van der Waals surface area contributed by atoms with Gasteiger partial charge in [-0.3, -0.25) is 8.21 Å². The van der Waals surface area contributed by atoms with Crippen LogP contribution >= 0.6 is 38.8 Å². The predicted molar refractivity (Wildman–Crippen MR) is 164 cm³/mol. The molecule has 2 aromatic heterocycles. The molecule has 1 fully saturated rings. The van der Waals surface area contributed by atoms with Crippen LogP contribution in [0.15, 0.2) is 77.0 Å². The number of carboxylic acids is 1. The van der Waals surface area contributed by atoms with E-state index in [-0.39, 0.29) is 28.7 Å². The summed E-state index contributed by atoms with van der Waals surface area (Å²) >= 11 is -1.01. The van der Waals surface area contributed by atoms with Crippen molar-refractivity contribution in [1.82, 2.24) is 14.8 Å². The SMILES string of the molecule is NS([O-])(I=O)c1ccc(Cc2c(C3CC3)nn(-c3nc(C(=O)O)cs3)c2-c2cccc(-c3ccc(F)cc3)c2)cc1F. The highest BCUT2D eigenvalue weighted by molar-refractivity contribution is 14.2. The Hall–Kier alpha value is -3.37. The number of aromatic nitrogens is 3. The van der Waals surface area contributed by atoms with Gasteiger partial charge < -0.3 is 9.66 Å². The Bertz CT molecular complexity index is 1840. The topological polar surface area (TPSA) is 134 Å². The first-order chi connectivity index (χ1) is 20.1. The van der Waals surface area contributed by atoms with Gasteiger partial charge >= 0.3 is 5.97 Å². The molecule has 2 heterocycles. The van der Waals surface area contributed by atoms with E-state index >= 15 is 4.39 Å². The van der Waals surface area contributed by atoms with Gasteiger partial charge in [-0.2, -0.15) is 5.10 Å². The monoisotopic (exact) mass is 719 g/mol. The molecule has 1 atom stereocenters. The third-order valence-electron chi connectivity index (χ3n) is 6.96. The summed E-state index contributed by atoms with van der Waals surface area (Å²) in [7, 11) is -3.42. The summed E-state index contributed by atoms with van der Waals surface area (Å²) in [6, 6.07) is 17.9. The third-order valence-corrected chi connectivity index (χ3v) is 11.9. The Morgan fingerprint density at radius 2 is 1.83 bits per heavy atom. The van der Waals surface area contributed by atoms with Crippen LogP contribution < -0.4 is 5.14 Å². The molecule has 0 bridgehead atoms. The molecule has 1 aliphatic carbocycles. The summed E-state index contributed by atoms with van der Waals surface area (Å²) in [6.45, 7) is 0. The van der Waals surface area contributed by atoms with Crippen LogP contribution in [-0.4, -0.2) is 30.4 Å². The van der Waals surface area contributed by atoms with E-state index in [0.29, 0.717) is 16.4 Å². The molecule has 0 radical (unpaired) electrons. The quantitative estimate of drug-likeness (QED) is 0.151. The van der Waals surface area contributed by atoms with Crippen molar-refractivity contribution >= 4 is 44.8 Å². The van der Waals surface area contributed by atoms with Crippen LogP contribution in [-0.2, 0) is 9.49 Å². The lowest BCUT2D eigenvalue weighted by Crippen LogP contribution is -2.06. The number of aromatic carboxylic acids is 1. The maximum Gasteiger partial charge on any atom is 0.355 e. The van der Waals surface area contributed by atoms with Crippen molar-refractivity contribution in [3.8, 4) is 27.5 Å². The molecule has 0 spiro atoms. The number of hydrogen-bond acceptors (Lipinski definition) is 7. The zero-order valence-electron chi connectivity index (χ0n) is 21.7. The number of benzene rings is 3. The van der Waals surface area contributed by atoms with E-state index in [1.165, 1.54) is 29.6 Å². The number of nitrogens with two attached hydrogens (primary N) is 1. The Labute approximate surface area is 253 Å². The summed E-state index contributed by atoms with van der Waals surface area (Å²) in [6.07, 6.45) is 2.11. The molecule has 3 N–H and O–H groups in total. The predicted octanol–water partition coefficient (Wildman–Crippen LogP) is 7.51. The largest absolute Gasteiger partial charge is 0.789 e. The van der Waals surface area contributed by atoms with Crippen LogP contribution in [0.3, 0.4) is 0 Å². The molecule has 0 amide bonds. The van der Waals surface area contributed by atoms with Gasteiger partial charge in [-0.05, 0) is 59.9 Å². The van der Waals surface area contributed by atoms with Gasteiger partial charge in [0.25, 0.3) is 0 Å². The average Bonchev–Trinajstić information content (AvgIpc) is 3.57. The van der Waals surface area contributed by atoms with Gasteiger partial charge in [0.2, 0.25) is 24.9 Å². The number of nitrogens with zero attached hydrogens (tertiary/aromatic N) is 3. The Balaban J connectivity index is 1.52. The minimum atomic E-state index is -3.42. The molecule has 3 aromatic carbocycles. The molecule has 0 aliphatic heterocycles. The van der Waals surface area contributed by atoms with E-state index in [4.69, 9.17) is 10.2 Å². The van der Waals surface area contributed by atoms with Gasteiger partial charge in [-0.25, -0.2) is 23.2 Å². The van der Waals surface area contributed by atoms with Crippen molar-refractivity contribution in [3.05, 3.63) is 106 Å². The zero-order valence-corrected chi connectivity index (χ0v) is 25.5. The van der Waals surface area contributed by atoms with Gasteiger partial charge in [0.05, 0.1) is 11.4 Å². The molecule has 42 heavy (non-hydrogen) atoms. The summed E-state index contributed by atoms with van der Waals surface area (Å²) in [5.41, 5.74) is 5.16. The smallest absolute Gasteiger partial charge is 0.355 e. The maximum absolute atomic E-state index is 15.1. The molecule has 0 saturated heterocycles. The maximum atomic E-state index is 15.1. The number of thiazole rings is 1. The second kappa shape index (κ2) is 11.4. The van der Waals surface area contributed by atoms with Crippen LogP contribution in [0.25, 0.3) is 27.5 Å². The highest BCUT2D eigenvalue weighted by Gasteiger charge is 2.33. The van der Waals surface area contributed by atoms with E-state index in [2.05, 4.69) is 4.98 Å². The second-order valence-corrected chi connectivity index (χ2v) is 17.3. The van der Waals surface area contributed by atoms with Crippen molar-refractivity contribution in [3.63, 3.8) is 0 Å². The Morgan fingerprint density at radius 3 is 2.48 bits per heavy atom. The number of rotatable bonds is 9. The lowest BCUT2D eigenvalue weighted by molar-refractivity contribution is 0.0691. The summed E-state index contributed by atoms with van der Waals surface area (Å²) in [5.74, 6) is -2.11. The van der Waals surface area contributed by atoms with Crippen molar-refractivity contribution in [2.45, 2.75) is 30.1 Å². The summed E-state index contributed by atoms with van der Waals surface area (Å²) < 4.78 is 54.1. The van der Waals surface area contributed by atoms with Gasteiger partial charge in [-0.1, -0.05) is 36.4 Å². The highest BCUT2D eigenvalue weighted by atomic mass is 127. The normalized spacial score (nSPS) is 15.3. The van der Waals surface area contributed by atoms with Crippen LogP contribution in [0.5, 0.6) is 0 Å². The molecule has 1 unspecified atom stereocenters. The Morgan fingerprint density at radius 1 is 1.10 bits per heavy atom. The summed E-state index contributed by atoms with van der Waals surface area (Å²) in [5, 5.41) is 21.8. The molecule has 8 nitrogen and oxygen atoms in total. The second-order valence-electron chi connectivity index (χ2n) is 9.84. The molecule has 13 heteroatoms. The first kappa shape index (κ1) is 28.7. The third kappa shape index (κ3) is 5.66. The van der Waals surface area contributed by atoms with Crippen molar-refractivity contribution < 1.29 is 26.3 Å². The van der Waals surface area contributed by atoms with Gasteiger partial charge in [0.15, 0.2) is 5.69 Å². The van der Waals surface area contributed by atoms with Gasteiger partial charge in [0.1, 0.15) is 11.6 Å². The van der Waals surface area contributed by atoms with Crippen molar-refractivity contribution in [2.75, 3.05) is 0 Å². The van der Waals surface area contributed by atoms with E-state index in [1.54, 1.807) is 22.9 Å². The zero-order chi connectivity index (χ0) is 29.6. The number of carbonyl (C=O) groups is 1. The fourth-order valence-electron chi connectivity index (χ4n) is 4.83. The van der Waals surface area contributed by atoms with E-state index in [9.17, 15) is 21.9 Å². The highest BCUT2D eigenvalue weighted by Crippen LogP contribution is 2.56. The minimum Gasteiger partial charge on any atom is -0.789 e. The van der Waals surface area contributed by atoms with Crippen molar-refractivity contribution in [1.29, 1.82) is 0 Å². The molecular weight excluding hydrogens is 697 g/mol. The summed E-state index contributed by atoms with van der Waals surface area (Å²) in [4.78, 5) is 15.7. The minimum absolute atomic E-state index is 0.102. The molecule has 1 aliphatic rings. The standard InChI is InChI=1S/C29H23F2IN4O4S2/c30-21-9-7-17(8-10-21)19-2-1-3-20(14-19)27-22(12-16-4-11-25(23(31)13-16)42(33,40)32-39)26(18-5-6-18)35-36(27)29-34-24(15-41-29)28(37)38/h1-4,7-11,13-15,18,40H,5-6,12,33H2,(H,37,38)/p-1. The van der Waals surface area contributed by atoms with E-state index in [1.807, 2.05) is 24.3 Å². The lowest BCUT2D eigenvalue weighted by atomic mass is 9.95. The van der Waals surface area contributed by atoms with Crippen LogP contribution in [0.1, 0.15) is 46.1 Å². The first-order valence-electron chi connectivity index (χ1n) is 12.7. The number of hydrogen-bond donors (Lipinski definition) is 2. The molecule has 6 rings (SSSR count). The molecule has 1 saturated carbocycles. The fourth-order valence-corrected chi connectivity index (χ4v) is 7.88. The van der Waals surface area contributed by atoms with Gasteiger partial charge in [0, 0.05) is 33.7 Å². The van der Waals surface area contributed by atoms with Crippen LogP contribution in [0.4, 0.5) is 8.78 Å².